The summed E-state index contributed by atoms with van der Waals surface area (Å²) in [5.74, 6) is -2.69. The SMILES string of the molecule is COC(=O)CCN(C)C(=O)c1cc(C)c(F)cc1F. The fraction of sp³-hybridized carbons (Fsp3) is 0.385. The highest BCUT2D eigenvalue weighted by atomic mass is 19.1. The summed E-state index contributed by atoms with van der Waals surface area (Å²) >= 11 is 0. The molecule has 0 spiro atoms. The maximum atomic E-state index is 13.5. The number of halogens is 2. The molecule has 1 aromatic rings. The molecule has 4 nitrogen and oxygen atoms in total. The molecule has 0 radical (unpaired) electrons. The zero-order valence-corrected chi connectivity index (χ0v) is 11.0. The summed E-state index contributed by atoms with van der Waals surface area (Å²) in [6.07, 6.45) is 0.0144. The van der Waals surface area contributed by atoms with Gasteiger partial charge in [0, 0.05) is 19.7 Å². The van der Waals surface area contributed by atoms with E-state index in [2.05, 4.69) is 4.74 Å². The zero-order chi connectivity index (χ0) is 14.6. The zero-order valence-electron chi connectivity index (χ0n) is 11.0. The number of amides is 1. The maximum Gasteiger partial charge on any atom is 0.307 e. The second-order valence-corrected chi connectivity index (χ2v) is 4.13. The number of benzene rings is 1. The Balaban J connectivity index is 2.82. The number of nitrogens with zero attached hydrogens (tertiary/aromatic N) is 1. The van der Waals surface area contributed by atoms with Gasteiger partial charge in [0.25, 0.3) is 5.91 Å². The van der Waals surface area contributed by atoms with Gasteiger partial charge in [-0.15, -0.1) is 0 Å². The summed E-state index contributed by atoms with van der Waals surface area (Å²) in [6.45, 7) is 1.54. The van der Waals surface area contributed by atoms with Crippen LogP contribution in [0, 0.1) is 18.6 Å². The summed E-state index contributed by atoms with van der Waals surface area (Å²) in [5, 5.41) is 0. The Hall–Kier alpha value is -1.98. The average Bonchev–Trinajstić information content (AvgIpc) is 2.38. The van der Waals surface area contributed by atoms with Crippen molar-refractivity contribution in [2.24, 2.45) is 0 Å². The molecule has 0 aliphatic heterocycles. The van der Waals surface area contributed by atoms with E-state index in [1.165, 1.54) is 26.0 Å². The Morgan fingerprint density at radius 2 is 1.89 bits per heavy atom. The first-order chi connectivity index (χ1) is 8.86. The minimum Gasteiger partial charge on any atom is -0.469 e. The molecule has 0 N–H and O–H groups in total. The number of rotatable bonds is 4. The van der Waals surface area contributed by atoms with Crippen LogP contribution in [0.2, 0.25) is 0 Å². The number of methoxy groups -OCH3 is 1. The van der Waals surface area contributed by atoms with E-state index in [0.29, 0.717) is 6.07 Å². The average molecular weight is 271 g/mol. The minimum atomic E-state index is -0.919. The van der Waals surface area contributed by atoms with Gasteiger partial charge < -0.3 is 9.64 Å². The first-order valence-electron chi connectivity index (χ1n) is 5.64. The number of hydrogen-bond acceptors (Lipinski definition) is 3. The van der Waals surface area contributed by atoms with Crippen LogP contribution >= 0.6 is 0 Å². The molecule has 0 unspecified atom stereocenters. The smallest absolute Gasteiger partial charge is 0.307 e. The molecule has 6 heteroatoms. The van der Waals surface area contributed by atoms with Crippen LogP contribution in [-0.2, 0) is 9.53 Å². The molecular formula is C13H15F2NO3. The lowest BCUT2D eigenvalue weighted by Crippen LogP contribution is -2.30. The Morgan fingerprint density at radius 3 is 2.47 bits per heavy atom. The van der Waals surface area contributed by atoms with E-state index in [4.69, 9.17) is 0 Å². The molecule has 1 amide bonds. The summed E-state index contributed by atoms with van der Waals surface area (Å²) in [4.78, 5) is 24.1. The number of hydrogen-bond donors (Lipinski definition) is 0. The van der Waals surface area contributed by atoms with E-state index < -0.39 is 23.5 Å². The van der Waals surface area contributed by atoms with Crippen LogP contribution in [0.1, 0.15) is 22.3 Å². The minimum absolute atomic E-state index is 0.0144. The largest absolute Gasteiger partial charge is 0.469 e. The van der Waals surface area contributed by atoms with Crippen LogP contribution in [0.15, 0.2) is 12.1 Å². The Bertz CT molecular complexity index is 503. The van der Waals surface area contributed by atoms with Crippen LogP contribution in [0.25, 0.3) is 0 Å². The van der Waals surface area contributed by atoms with Crippen molar-refractivity contribution in [3.05, 3.63) is 34.9 Å². The predicted molar refractivity (Wildman–Crippen MR) is 64.7 cm³/mol. The first kappa shape index (κ1) is 15.1. The summed E-state index contributed by atoms with van der Waals surface area (Å²) in [7, 11) is 2.68. The highest BCUT2D eigenvalue weighted by Gasteiger charge is 2.18. The van der Waals surface area contributed by atoms with Gasteiger partial charge in [-0.25, -0.2) is 8.78 Å². The lowest BCUT2D eigenvalue weighted by Gasteiger charge is -2.17. The molecular weight excluding hydrogens is 256 g/mol. The summed E-state index contributed by atoms with van der Waals surface area (Å²) < 4.78 is 31.1. The van der Waals surface area contributed by atoms with Gasteiger partial charge in [0.15, 0.2) is 0 Å². The molecule has 0 saturated carbocycles. The van der Waals surface area contributed by atoms with Gasteiger partial charge in [-0.1, -0.05) is 0 Å². The Morgan fingerprint density at radius 1 is 1.26 bits per heavy atom. The van der Waals surface area contributed by atoms with Crippen molar-refractivity contribution in [1.82, 2.24) is 4.90 Å². The monoisotopic (exact) mass is 271 g/mol. The van der Waals surface area contributed by atoms with E-state index in [9.17, 15) is 18.4 Å². The van der Waals surface area contributed by atoms with Gasteiger partial charge in [-0.2, -0.15) is 0 Å². The number of esters is 1. The molecule has 0 aliphatic rings. The molecule has 1 rings (SSSR count). The molecule has 19 heavy (non-hydrogen) atoms. The molecule has 0 aromatic heterocycles. The fourth-order valence-electron chi connectivity index (χ4n) is 1.49. The molecule has 0 fully saturated rings. The number of ether oxygens (including phenoxy) is 1. The molecule has 0 atom stereocenters. The van der Waals surface area contributed by atoms with Crippen LogP contribution in [0.3, 0.4) is 0 Å². The number of carbonyl (C=O) groups is 2. The van der Waals surface area contributed by atoms with Gasteiger partial charge in [-0.05, 0) is 18.6 Å². The topological polar surface area (TPSA) is 46.6 Å². The molecule has 1 aromatic carbocycles. The predicted octanol–water partition coefficient (Wildman–Crippen LogP) is 1.91. The first-order valence-corrected chi connectivity index (χ1v) is 5.64. The molecule has 0 aliphatic carbocycles. The van der Waals surface area contributed by atoms with E-state index in [1.807, 2.05) is 0 Å². The third-order valence-electron chi connectivity index (χ3n) is 2.70. The Labute approximate surface area is 110 Å². The second kappa shape index (κ2) is 6.26. The molecule has 0 bridgehead atoms. The van der Waals surface area contributed by atoms with Gasteiger partial charge in [0.2, 0.25) is 0 Å². The van der Waals surface area contributed by atoms with Gasteiger partial charge >= 0.3 is 5.97 Å². The number of aryl methyl sites for hydroxylation is 1. The van der Waals surface area contributed by atoms with Crippen molar-refractivity contribution < 1.29 is 23.1 Å². The van der Waals surface area contributed by atoms with Crippen molar-refractivity contribution in [2.45, 2.75) is 13.3 Å². The van der Waals surface area contributed by atoms with Gasteiger partial charge in [-0.3, -0.25) is 9.59 Å². The molecule has 104 valence electrons. The quantitative estimate of drug-likeness (QED) is 0.786. The normalized spacial score (nSPS) is 10.2. The van der Waals surface area contributed by atoms with Crippen molar-refractivity contribution in [1.29, 1.82) is 0 Å². The second-order valence-electron chi connectivity index (χ2n) is 4.13. The van der Waals surface area contributed by atoms with Crippen molar-refractivity contribution in [3.8, 4) is 0 Å². The lowest BCUT2D eigenvalue weighted by atomic mass is 10.1. The van der Waals surface area contributed by atoms with E-state index in [0.717, 1.165) is 6.07 Å². The van der Waals surface area contributed by atoms with Crippen LogP contribution in [-0.4, -0.2) is 37.5 Å². The van der Waals surface area contributed by atoms with E-state index >= 15 is 0 Å². The third-order valence-corrected chi connectivity index (χ3v) is 2.70. The molecule has 0 heterocycles. The summed E-state index contributed by atoms with van der Waals surface area (Å²) in [6, 6.07) is 1.83. The van der Waals surface area contributed by atoms with Gasteiger partial charge in [0.1, 0.15) is 11.6 Å². The van der Waals surface area contributed by atoms with Crippen molar-refractivity contribution in [2.75, 3.05) is 20.7 Å². The third kappa shape index (κ3) is 3.74. The fourth-order valence-corrected chi connectivity index (χ4v) is 1.49. The van der Waals surface area contributed by atoms with Gasteiger partial charge in [0.05, 0.1) is 19.1 Å². The van der Waals surface area contributed by atoms with E-state index in [1.54, 1.807) is 0 Å². The molecule has 0 saturated heterocycles. The summed E-state index contributed by atoms with van der Waals surface area (Å²) in [5.41, 5.74) is -0.0302. The maximum absolute atomic E-state index is 13.5. The number of carbonyl (C=O) groups excluding carboxylic acids is 2. The van der Waals surface area contributed by atoms with Crippen molar-refractivity contribution >= 4 is 11.9 Å². The van der Waals surface area contributed by atoms with Crippen molar-refractivity contribution in [3.63, 3.8) is 0 Å². The highest BCUT2D eigenvalue weighted by molar-refractivity contribution is 5.94. The standard InChI is InChI=1S/C13H15F2NO3/c1-8-6-9(11(15)7-10(8)14)13(18)16(2)5-4-12(17)19-3/h6-7H,4-5H2,1-3H3. The highest BCUT2D eigenvalue weighted by Crippen LogP contribution is 2.15. The van der Waals surface area contributed by atoms with Crippen LogP contribution < -0.4 is 0 Å². The van der Waals surface area contributed by atoms with E-state index in [-0.39, 0.29) is 24.1 Å². The lowest BCUT2D eigenvalue weighted by molar-refractivity contribution is -0.140. The Kier molecular flexibility index (Phi) is 4.97. The van der Waals surface area contributed by atoms with Crippen LogP contribution in [0.5, 0.6) is 0 Å². The van der Waals surface area contributed by atoms with Crippen LogP contribution in [0.4, 0.5) is 8.78 Å².